The van der Waals surface area contributed by atoms with Gasteiger partial charge in [-0.3, -0.25) is 9.59 Å². The average molecular weight is 404 g/mol. The predicted molar refractivity (Wildman–Crippen MR) is 102 cm³/mol. The van der Waals surface area contributed by atoms with E-state index in [0.29, 0.717) is 31.6 Å². The van der Waals surface area contributed by atoms with E-state index in [9.17, 15) is 18.0 Å². The molecule has 0 atom stereocenters. The number of rotatable bonds is 4. The van der Waals surface area contributed by atoms with Crippen LogP contribution in [0.5, 0.6) is 0 Å². The van der Waals surface area contributed by atoms with Gasteiger partial charge in [0.25, 0.3) is 5.91 Å². The van der Waals surface area contributed by atoms with E-state index in [-0.39, 0.29) is 34.1 Å². The van der Waals surface area contributed by atoms with Crippen molar-refractivity contribution in [3.8, 4) is 0 Å². The number of hydrogen-bond acceptors (Lipinski definition) is 7. The Morgan fingerprint density at radius 1 is 1.07 bits per heavy atom. The van der Waals surface area contributed by atoms with Gasteiger partial charge in [-0.1, -0.05) is 0 Å². The summed E-state index contributed by atoms with van der Waals surface area (Å²) in [6.45, 7) is 0.800. The highest BCUT2D eigenvalue weighted by Crippen LogP contribution is 2.22. The van der Waals surface area contributed by atoms with Crippen LogP contribution in [-0.4, -0.2) is 48.2 Å². The number of nitrogen functional groups attached to an aromatic ring is 1. The standard InChI is InChI=1S/C17H20N6O4S/c18-15-14(20-7-8-21-15)17(25)23-9-5-11(6-10-23)16(24)22-12-1-3-13(4-2-12)28(19,26)27/h1-4,7-8,11H,5-6,9-10H2,(H2,18,21)(H,22,24)(H2,19,26,27). The summed E-state index contributed by atoms with van der Waals surface area (Å²) < 4.78 is 22.5. The Kier molecular flexibility index (Phi) is 5.56. The van der Waals surface area contributed by atoms with Crippen LogP contribution in [0.2, 0.25) is 0 Å². The lowest BCUT2D eigenvalue weighted by atomic mass is 9.95. The number of carbonyl (C=O) groups is 2. The Bertz CT molecular complexity index is 985. The quantitative estimate of drug-likeness (QED) is 0.655. The number of nitrogens with two attached hydrogens (primary N) is 2. The maximum absolute atomic E-state index is 12.5. The maximum Gasteiger partial charge on any atom is 0.276 e. The Balaban J connectivity index is 1.57. The minimum Gasteiger partial charge on any atom is -0.382 e. The van der Waals surface area contributed by atoms with Crippen molar-refractivity contribution in [2.75, 3.05) is 24.1 Å². The topological polar surface area (TPSA) is 161 Å². The van der Waals surface area contributed by atoms with Crippen LogP contribution in [0.1, 0.15) is 23.3 Å². The van der Waals surface area contributed by atoms with Gasteiger partial charge in [0.05, 0.1) is 4.90 Å². The van der Waals surface area contributed by atoms with Gasteiger partial charge in [0.1, 0.15) is 0 Å². The highest BCUT2D eigenvalue weighted by atomic mass is 32.2. The fourth-order valence-electron chi connectivity index (χ4n) is 2.98. The SMILES string of the molecule is Nc1nccnc1C(=O)N1CCC(C(=O)Nc2ccc(S(N)(=O)=O)cc2)CC1. The molecule has 2 amide bonds. The van der Waals surface area contributed by atoms with E-state index in [1.54, 1.807) is 4.90 Å². The normalized spacial score (nSPS) is 15.2. The van der Waals surface area contributed by atoms with E-state index < -0.39 is 10.0 Å². The van der Waals surface area contributed by atoms with Crippen LogP contribution in [0.3, 0.4) is 0 Å². The molecule has 1 fully saturated rings. The molecule has 1 aromatic carbocycles. The molecule has 0 unspecified atom stereocenters. The van der Waals surface area contributed by atoms with Gasteiger partial charge in [-0.15, -0.1) is 0 Å². The van der Waals surface area contributed by atoms with Gasteiger partial charge in [-0.05, 0) is 37.1 Å². The first kappa shape index (κ1) is 19.7. The van der Waals surface area contributed by atoms with Crippen molar-refractivity contribution >= 4 is 33.3 Å². The van der Waals surface area contributed by atoms with E-state index >= 15 is 0 Å². The maximum atomic E-state index is 12.5. The molecular weight excluding hydrogens is 384 g/mol. The Hall–Kier alpha value is -3.05. The number of carbonyl (C=O) groups excluding carboxylic acids is 2. The molecule has 3 rings (SSSR count). The molecule has 0 saturated carbocycles. The minimum atomic E-state index is -3.78. The molecule has 2 aromatic rings. The molecule has 1 aromatic heterocycles. The Morgan fingerprint density at radius 3 is 2.25 bits per heavy atom. The van der Waals surface area contributed by atoms with E-state index in [1.165, 1.54) is 36.7 Å². The van der Waals surface area contributed by atoms with E-state index in [1.807, 2.05) is 0 Å². The van der Waals surface area contributed by atoms with Gasteiger partial charge < -0.3 is 16.0 Å². The number of piperidine rings is 1. The van der Waals surface area contributed by atoms with Crippen molar-refractivity contribution in [1.82, 2.24) is 14.9 Å². The predicted octanol–water partition coefficient (Wildman–Crippen LogP) is 0.197. The number of hydrogen-bond donors (Lipinski definition) is 3. The van der Waals surface area contributed by atoms with Crippen molar-refractivity contribution in [3.05, 3.63) is 42.4 Å². The van der Waals surface area contributed by atoms with Crippen LogP contribution in [0.15, 0.2) is 41.6 Å². The van der Waals surface area contributed by atoms with Crippen LogP contribution >= 0.6 is 0 Å². The summed E-state index contributed by atoms with van der Waals surface area (Å²) in [7, 11) is -3.78. The van der Waals surface area contributed by atoms with Gasteiger partial charge in [0, 0.05) is 37.1 Å². The largest absolute Gasteiger partial charge is 0.382 e. The van der Waals surface area contributed by atoms with Gasteiger partial charge in [-0.25, -0.2) is 23.5 Å². The molecule has 1 saturated heterocycles. The highest BCUT2D eigenvalue weighted by Gasteiger charge is 2.29. The van der Waals surface area contributed by atoms with Crippen molar-refractivity contribution in [1.29, 1.82) is 0 Å². The summed E-state index contributed by atoms with van der Waals surface area (Å²) >= 11 is 0. The molecule has 0 spiro atoms. The van der Waals surface area contributed by atoms with Crippen molar-refractivity contribution < 1.29 is 18.0 Å². The van der Waals surface area contributed by atoms with Crippen LogP contribution < -0.4 is 16.2 Å². The summed E-state index contributed by atoms with van der Waals surface area (Å²) in [4.78, 5) is 34.4. The second-order valence-corrected chi connectivity index (χ2v) is 7.98. The molecule has 11 heteroatoms. The number of likely N-dealkylation sites (tertiary alicyclic amines) is 1. The van der Waals surface area contributed by atoms with Crippen LogP contribution in [-0.2, 0) is 14.8 Å². The average Bonchev–Trinajstić information content (AvgIpc) is 2.67. The molecule has 0 bridgehead atoms. The number of nitrogens with one attached hydrogen (secondary N) is 1. The van der Waals surface area contributed by atoms with Crippen LogP contribution in [0.25, 0.3) is 0 Å². The third-order valence-electron chi connectivity index (χ3n) is 4.53. The van der Waals surface area contributed by atoms with Gasteiger partial charge >= 0.3 is 0 Å². The van der Waals surface area contributed by atoms with E-state index in [2.05, 4.69) is 15.3 Å². The number of nitrogens with zero attached hydrogens (tertiary/aromatic N) is 3. The number of sulfonamides is 1. The molecule has 148 valence electrons. The Labute approximate surface area is 162 Å². The summed E-state index contributed by atoms with van der Waals surface area (Å²) in [5.41, 5.74) is 6.28. The summed E-state index contributed by atoms with van der Waals surface area (Å²) in [5.74, 6) is -0.672. The van der Waals surface area contributed by atoms with Gasteiger partial charge in [0.15, 0.2) is 11.5 Å². The summed E-state index contributed by atoms with van der Waals surface area (Å²) in [6.07, 6.45) is 3.81. The third kappa shape index (κ3) is 4.43. The first-order chi connectivity index (χ1) is 13.3. The molecule has 28 heavy (non-hydrogen) atoms. The number of anilines is 2. The van der Waals surface area contributed by atoms with Crippen molar-refractivity contribution in [2.45, 2.75) is 17.7 Å². The van der Waals surface area contributed by atoms with E-state index in [0.717, 1.165) is 0 Å². The highest BCUT2D eigenvalue weighted by molar-refractivity contribution is 7.89. The number of aromatic nitrogens is 2. The lowest BCUT2D eigenvalue weighted by Gasteiger charge is -2.31. The molecule has 1 aliphatic rings. The molecule has 0 aliphatic carbocycles. The van der Waals surface area contributed by atoms with E-state index in [4.69, 9.17) is 10.9 Å². The number of primary sulfonamides is 1. The zero-order chi connectivity index (χ0) is 20.3. The van der Waals surface area contributed by atoms with Crippen molar-refractivity contribution in [2.24, 2.45) is 11.1 Å². The summed E-state index contributed by atoms with van der Waals surface area (Å²) in [6, 6.07) is 5.62. The number of amides is 2. The minimum absolute atomic E-state index is 0.0272. The summed E-state index contributed by atoms with van der Waals surface area (Å²) in [5, 5.41) is 7.81. The van der Waals surface area contributed by atoms with Crippen LogP contribution in [0, 0.1) is 5.92 Å². The first-order valence-electron chi connectivity index (χ1n) is 8.55. The molecular formula is C17H20N6O4S. The first-order valence-corrected chi connectivity index (χ1v) is 10.1. The fraction of sp³-hybridized carbons (Fsp3) is 0.294. The monoisotopic (exact) mass is 404 g/mol. The smallest absolute Gasteiger partial charge is 0.276 e. The van der Waals surface area contributed by atoms with Gasteiger partial charge in [0.2, 0.25) is 15.9 Å². The molecule has 1 aliphatic heterocycles. The lowest BCUT2D eigenvalue weighted by molar-refractivity contribution is -0.121. The molecule has 5 N–H and O–H groups in total. The van der Waals surface area contributed by atoms with Crippen molar-refractivity contribution in [3.63, 3.8) is 0 Å². The third-order valence-corrected chi connectivity index (χ3v) is 5.46. The lowest BCUT2D eigenvalue weighted by Crippen LogP contribution is -2.42. The van der Waals surface area contributed by atoms with Gasteiger partial charge in [-0.2, -0.15) is 0 Å². The zero-order valence-corrected chi connectivity index (χ0v) is 15.7. The Morgan fingerprint density at radius 2 is 1.68 bits per heavy atom. The second-order valence-electron chi connectivity index (χ2n) is 6.42. The van der Waals surface area contributed by atoms with Crippen LogP contribution in [0.4, 0.5) is 11.5 Å². The number of benzene rings is 1. The molecule has 0 radical (unpaired) electrons. The fourth-order valence-corrected chi connectivity index (χ4v) is 3.50. The second kappa shape index (κ2) is 7.90. The molecule has 10 nitrogen and oxygen atoms in total. The molecule has 2 heterocycles. The zero-order valence-electron chi connectivity index (χ0n) is 14.9.